The zero-order valence-electron chi connectivity index (χ0n) is 29.2. The van der Waals surface area contributed by atoms with Gasteiger partial charge in [0.1, 0.15) is 0 Å². The van der Waals surface area contributed by atoms with Gasteiger partial charge in [-0.2, -0.15) is 0 Å². The second kappa shape index (κ2) is 39.4. The quantitative estimate of drug-likeness (QED) is 0.0485. The fraction of sp³-hybridized carbons (Fsp3) is 1.00. The van der Waals surface area contributed by atoms with Crippen molar-refractivity contribution in [2.75, 3.05) is 26.4 Å². The Morgan fingerprint density at radius 1 is 0.310 bits per heavy atom. The Morgan fingerprint density at radius 2 is 0.500 bits per heavy atom. The van der Waals surface area contributed by atoms with E-state index in [1.54, 1.807) is 0 Å². The fourth-order valence-electron chi connectivity index (χ4n) is 5.97. The zero-order chi connectivity index (χ0) is 30.4. The zero-order valence-corrected chi connectivity index (χ0v) is 30.8. The molecule has 0 fully saturated rings. The molecular weight excluding hydrogens is 580 g/mol. The van der Waals surface area contributed by atoms with Gasteiger partial charge in [0.2, 0.25) is 0 Å². The average molecular weight is 660 g/mol. The maximum Gasteiger partial charge on any atom is 0.0613 e. The number of alkyl halides is 1. The number of hydrogen-bond acceptors (Lipinski definition) is 2. The minimum Gasteiger partial charge on any atom is -0.380 e. The summed E-state index contributed by atoms with van der Waals surface area (Å²) in [5.74, 6) is 0. The summed E-state index contributed by atoms with van der Waals surface area (Å²) < 4.78 is 11.8. The van der Waals surface area contributed by atoms with Gasteiger partial charge in [0, 0.05) is 13.2 Å². The molecule has 0 aliphatic carbocycles. The maximum absolute atomic E-state index is 5.88. The third-order valence-corrected chi connectivity index (χ3v) is 9.41. The van der Waals surface area contributed by atoms with Crippen LogP contribution in [-0.2, 0) is 9.47 Å². The molecule has 0 aromatic carbocycles. The molecule has 0 spiro atoms. The Kier molecular flexibility index (Phi) is 39.8. The van der Waals surface area contributed by atoms with Crippen molar-refractivity contribution >= 4 is 15.9 Å². The minimum absolute atomic E-state index is 0.333. The molecule has 2 nitrogen and oxygen atoms in total. The van der Waals surface area contributed by atoms with Crippen LogP contribution in [0.3, 0.4) is 0 Å². The summed E-state index contributed by atoms with van der Waals surface area (Å²) in [6, 6.07) is 0. The van der Waals surface area contributed by atoms with E-state index in [1.807, 2.05) is 0 Å². The van der Waals surface area contributed by atoms with Crippen LogP contribution in [0.1, 0.15) is 219 Å². The Labute approximate surface area is 275 Å². The summed E-state index contributed by atoms with van der Waals surface area (Å²) in [6.45, 7) is 7.96. The predicted octanol–water partition coefficient (Wildman–Crippen LogP) is 14.3. The van der Waals surface area contributed by atoms with Crippen LogP contribution in [0.15, 0.2) is 0 Å². The van der Waals surface area contributed by atoms with E-state index in [2.05, 4.69) is 29.8 Å². The highest BCUT2D eigenvalue weighted by atomic mass is 79.9. The van der Waals surface area contributed by atoms with Crippen LogP contribution < -0.4 is 0 Å². The lowest BCUT2D eigenvalue weighted by molar-refractivity contribution is 0.0858. The van der Waals surface area contributed by atoms with Gasteiger partial charge in [-0.25, -0.2) is 0 Å². The smallest absolute Gasteiger partial charge is 0.0613 e. The third-order valence-electron chi connectivity index (χ3n) is 8.88. The van der Waals surface area contributed by atoms with E-state index in [9.17, 15) is 0 Å². The second-order valence-electron chi connectivity index (χ2n) is 13.4. The van der Waals surface area contributed by atoms with Gasteiger partial charge in [-0.15, -0.1) is 0 Å². The predicted molar refractivity (Wildman–Crippen MR) is 193 cm³/mol. The van der Waals surface area contributed by atoms with E-state index >= 15 is 0 Å². The molecule has 0 heterocycles. The number of unbranched alkanes of at least 4 members (excludes halogenated alkanes) is 30. The van der Waals surface area contributed by atoms with Gasteiger partial charge in [0.25, 0.3) is 0 Å². The molecule has 0 radical (unpaired) electrons. The van der Waals surface area contributed by atoms with E-state index in [-0.39, 0.29) is 0 Å². The van der Waals surface area contributed by atoms with Crippen molar-refractivity contribution < 1.29 is 9.47 Å². The lowest BCUT2D eigenvalue weighted by Gasteiger charge is -2.11. The van der Waals surface area contributed by atoms with E-state index in [0.717, 1.165) is 26.4 Å². The SMILES string of the molecule is CCCCCCCCCCCCCCCCCCOCC(Br)COCCCCCCCCCCCCCCCCCC. The van der Waals surface area contributed by atoms with E-state index in [0.29, 0.717) is 4.83 Å². The molecule has 0 amide bonds. The van der Waals surface area contributed by atoms with Crippen molar-refractivity contribution in [1.82, 2.24) is 0 Å². The highest BCUT2D eigenvalue weighted by Gasteiger charge is 2.04. The van der Waals surface area contributed by atoms with Gasteiger partial charge >= 0.3 is 0 Å². The largest absolute Gasteiger partial charge is 0.380 e. The second-order valence-corrected chi connectivity index (χ2v) is 14.6. The highest BCUT2D eigenvalue weighted by molar-refractivity contribution is 9.09. The summed E-state index contributed by atoms with van der Waals surface area (Å²) in [5.41, 5.74) is 0. The molecular formula is C39H79BrO2. The van der Waals surface area contributed by atoms with Crippen molar-refractivity contribution in [3.63, 3.8) is 0 Å². The third kappa shape index (κ3) is 38.4. The summed E-state index contributed by atoms with van der Waals surface area (Å²) in [7, 11) is 0. The normalized spacial score (nSPS) is 11.7. The number of rotatable bonds is 38. The maximum atomic E-state index is 5.88. The summed E-state index contributed by atoms with van der Waals surface area (Å²) in [5, 5.41) is 0. The number of hydrogen-bond donors (Lipinski definition) is 0. The lowest BCUT2D eigenvalue weighted by Crippen LogP contribution is -2.16. The van der Waals surface area contributed by atoms with Crippen LogP contribution >= 0.6 is 15.9 Å². The molecule has 0 bridgehead atoms. The molecule has 0 aliphatic rings. The molecule has 0 unspecified atom stereocenters. The van der Waals surface area contributed by atoms with Crippen LogP contribution in [0.4, 0.5) is 0 Å². The van der Waals surface area contributed by atoms with Crippen molar-refractivity contribution in [3.05, 3.63) is 0 Å². The number of halogens is 1. The van der Waals surface area contributed by atoms with E-state index < -0.39 is 0 Å². The van der Waals surface area contributed by atoms with Crippen LogP contribution in [0.5, 0.6) is 0 Å². The summed E-state index contributed by atoms with van der Waals surface area (Å²) >= 11 is 3.73. The molecule has 0 aromatic rings. The van der Waals surface area contributed by atoms with Crippen LogP contribution in [0.2, 0.25) is 0 Å². The monoisotopic (exact) mass is 659 g/mol. The first kappa shape index (κ1) is 42.4. The van der Waals surface area contributed by atoms with Crippen LogP contribution in [-0.4, -0.2) is 31.3 Å². The summed E-state index contributed by atoms with van der Waals surface area (Å²) in [4.78, 5) is 0.333. The van der Waals surface area contributed by atoms with Gasteiger partial charge in [0.05, 0.1) is 18.0 Å². The van der Waals surface area contributed by atoms with Crippen LogP contribution in [0.25, 0.3) is 0 Å². The standard InChI is InChI=1S/C39H79BrO2/c1-3-5-7-9-11-13-15-17-19-21-23-25-27-29-31-33-35-41-37-39(40)38-42-36-34-32-30-28-26-24-22-20-18-16-14-12-10-8-6-4-2/h39H,3-38H2,1-2H3. The molecule has 0 rings (SSSR count). The first-order valence-electron chi connectivity index (χ1n) is 19.6. The first-order chi connectivity index (χ1) is 20.8. The van der Waals surface area contributed by atoms with Gasteiger partial charge in [-0.1, -0.05) is 222 Å². The Bertz CT molecular complexity index is 418. The molecule has 0 saturated heterocycles. The molecule has 42 heavy (non-hydrogen) atoms. The minimum atomic E-state index is 0.333. The highest BCUT2D eigenvalue weighted by Crippen LogP contribution is 2.15. The first-order valence-corrected chi connectivity index (χ1v) is 20.5. The van der Waals surface area contributed by atoms with Crippen molar-refractivity contribution in [2.45, 2.75) is 224 Å². The van der Waals surface area contributed by atoms with Gasteiger partial charge < -0.3 is 9.47 Å². The van der Waals surface area contributed by atoms with E-state index in [4.69, 9.17) is 9.47 Å². The van der Waals surface area contributed by atoms with Crippen molar-refractivity contribution in [1.29, 1.82) is 0 Å². The topological polar surface area (TPSA) is 18.5 Å². The molecule has 0 saturated carbocycles. The average Bonchev–Trinajstić information content (AvgIpc) is 3.00. The Balaban J connectivity index is 3.13. The van der Waals surface area contributed by atoms with E-state index in [1.165, 1.54) is 205 Å². The van der Waals surface area contributed by atoms with Crippen molar-refractivity contribution in [2.24, 2.45) is 0 Å². The van der Waals surface area contributed by atoms with Crippen molar-refractivity contribution in [3.8, 4) is 0 Å². The molecule has 254 valence electrons. The number of ether oxygens (including phenoxy) is 2. The molecule has 0 N–H and O–H groups in total. The molecule has 0 aromatic heterocycles. The molecule has 0 aliphatic heterocycles. The summed E-state index contributed by atoms with van der Waals surface area (Å²) in [6.07, 6.45) is 45.3. The van der Waals surface area contributed by atoms with Gasteiger partial charge in [-0.05, 0) is 12.8 Å². The fourth-order valence-corrected chi connectivity index (χ4v) is 6.35. The molecule has 3 heteroatoms. The van der Waals surface area contributed by atoms with Gasteiger partial charge in [-0.3, -0.25) is 0 Å². The Hall–Kier alpha value is 0.400. The molecule has 0 atom stereocenters. The lowest BCUT2D eigenvalue weighted by atomic mass is 10.0. The van der Waals surface area contributed by atoms with Crippen LogP contribution in [0, 0.1) is 0 Å². The Morgan fingerprint density at radius 3 is 0.714 bits per heavy atom. The van der Waals surface area contributed by atoms with Gasteiger partial charge in [0.15, 0.2) is 0 Å².